The van der Waals surface area contributed by atoms with E-state index in [0.717, 1.165) is 18.5 Å². The normalized spacial score (nSPS) is 13.9. The van der Waals surface area contributed by atoms with Gasteiger partial charge in [0.25, 0.3) is 0 Å². The van der Waals surface area contributed by atoms with Crippen molar-refractivity contribution < 1.29 is 4.79 Å². The average molecular weight is 300 g/mol. The SMILES string of the molecule is Br.CC(=O)C(C)(CCN(C)C)c1ccccc1. The predicted octanol–water partition coefficient (Wildman–Crippen LogP) is 3.06. The zero-order valence-corrected chi connectivity index (χ0v) is 12.8. The van der Waals surface area contributed by atoms with E-state index in [4.69, 9.17) is 0 Å². The molecule has 0 radical (unpaired) electrons. The highest BCUT2D eigenvalue weighted by atomic mass is 79.9. The van der Waals surface area contributed by atoms with E-state index >= 15 is 0 Å². The van der Waals surface area contributed by atoms with E-state index in [2.05, 4.69) is 4.90 Å². The molecule has 1 aromatic rings. The highest BCUT2D eigenvalue weighted by Gasteiger charge is 2.31. The minimum Gasteiger partial charge on any atom is -0.309 e. The summed E-state index contributed by atoms with van der Waals surface area (Å²) in [6, 6.07) is 10.0. The van der Waals surface area contributed by atoms with Gasteiger partial charge in [0.1, 0.15) is 5.78 Å². The summed E-state index contributed by atoms with van der Waals surface area (Å²) in [6.07, 6.45) is 0.860. The Balaban J connectivity index is 0.00000256. The van der Waals surface area contributed by atoms with Gasteiger partial charge in [0, 0.05) is 0 Å². The van der Waals surface area contributed by atoms with Crippen molar-refractivity contribution in [3.63, 3.8) is 0 Å². The number of rotatable bonds is 5. The first-order chi connectivity index (χ1) is 7.47. The fourth-order valence-corrected chi connectivity index (χ4v) is 1.78. The number of halogens is 1. The lowest BCUT2D eigenvalue weighted by molar-refractivity contribution is -0.122. The number of ketones is 1. The molecule has 0 fully saturated rings. The van der Waals surface area contributed by atoms with Crippen molar-refractivity contribution in [2.24, 2.45) is 0 Å². The first-order valence-electron chi connectivity index (χ1n) is 5.68. The van der Waals surface area contributed by atoms with Crippen LogP contribution in [-0.2, 0) is 10.2 Å². The van der Waals surface area contributed by atoms with Crippen LogP contribution in [0.15, 0.2) is 30.3 Å². The van der Waals surface area contributed by atoms with E-state index in [0.29, 0.717) is 0 Å². The average Bonchev–Trinajstić information content (AvgIpc) is 2.26. The molecule has 0 spiro atoms. The highest BCUT2D eigenvalue weighted by molar-refractivity contribution is 8.93. The van der Waals surface area contributed by atoms with E-state index in [1.165, 1.54) is 0 Å². The third kappa shape index (κ3) is 4.25. The Morgan fingerprint density at radius 2 is 1.76 bits per heavy atom. The van der Waals surface area contributed by atoms with Gasteiger partial charge in [0.05, 0.1) is 5.41 Å². The topological polar surface area (TPSA) is 20.3 Å². The summed E-state index contributed by atoms with van der Waals surface area (Å²) < 4.78 is 0. The van der Waals surface area contributed by atoms with Gasteiger partial charge in [-0.25, -0.2) is 0 Å². The molecule has 0 aliphatic heterocycles. The van der Waals surface area contributed by atoms with Gasteiger partial charge in [-0.1, -0.05) is 30.3 Å². The van der Waals surface area contributed by atoms with Crippen LogP contribution in [0, 0.1) is 0 Å². The Hall–Kier alpha value is -0.670. The molecule has 17 heavy (non-hydrogen) atoms. The second-order valence-corrected chi connectivity index (χ2v) is 4.81. The van der Waals surface area contributed by atoms with Gasteiger partial charge >= 0.3 is 0 Å². The standard InChI is InChI=1S/C14H21NO.BrH/c1-12(16)14(2,10-11-15(3)4)13-8-6-5-7-9-13;/h5-9H,10-11H2,1-4H3;1H. The number of Topliss-reactive ketones (excluding diaryl/α,β-unsaturated/α-hetero) is 1. The molecular weight excluding hydrogens is 278 g/mol. The van der Waals surface area contributed by atoms with Crippen LogP contribution in [0.3, 0.4) is 0 Å². The molecule has 0 aliphatic carbocycles. The van der Waals surface area contributed by atoms with Crippen molar-refractivity contribution in [2.75, 3.05) is 20.6 Å². The molecule has 0 amide bonds. The number of hydrogen-bond donors (Lipinski definition) is 0. The molecule has 1 atom stereocenters. The van der Waals surface area contributed by atoms with Crippen molar-refractivity contribution in [3.8, 4) is 0 Å². The number of hydrogen-bond acceptors (Lipinski definition) is 2. The highest BCUT2D eigenvalue weighted by Crippen LogP contribution is 2.28. The van der Waals surface area contributed by atoms with Gasteiger partial charge in [-0.2, -0.15) is 0 Å². The Morgan fingerprint density at radius 3 is 2.18 bits per heavy atom. The molecule has 0 saturated carbocycles. The van der Waals surface area contributed by atoms with Crippen LogP contribution < -0.4 is 0 Å². The molecule has 0 heterocycles. The molecule has 1 aromatic carbocycles. The van der Waals surface area contributed by atoms with Crippen LogP contribution in [0.1, 0.15) is 25.8 Å². The van der Waals surface area contributed by atoms with Crippen LogP contribution in [0.2, 0.25) is 0 Å². The Bertz CT molecular complexity index is 350. The van der Waals surface area contributed by atoms with Crippen LogP contribution in [0.4, 0.5) is 0 Å². The quantitative estimate of drug-likeness (QED) is 0.833. The van der Waals surface area contributed by atoms with Gasteiger partial charge in [0.15, 0.2) is 0 Å². The molecule has 2 nitrogen and oxygen atoms in total. The first kappa shape index (κ1) is 16.3. The zero-order chi connectivity index (χ0) is 12.2. The Kier molecular flexibility index (Phi) is 6.65. The molecule has 1 rings (SSSR count). The van der Waals surface area contributed by atoms with E-state index in [-0.39, 0.29) is 28.2 Å². The second kappa shape index (κ2) is 6.92. The van der Waals surface area contributed by atoms with Gasteiger partial charge in [0.2, 0.25) is 0 Å². The first-order valence-corrected chi connectivity index (χ1v) is 5.68. The third-order valence-corrected chi connectivity index (χ3v) is 3.25. The van der Waals surface area contributed by atoms with Crippen LogP contribution in [0.5, 0.6) is 0 Å². The monoisotopic (exact) mass is 299 g/mol. The molecule has 1 unspecified atom stereocenters. The summed E-state index contributed by atoms with van der Waals surface area (Å²) in [5.74, 6) is 0.237. The fraction of sp³-hybridized carbons (Fsp3) is 0.500. The largest absolute Gasteiger partial charge is 0.309 e. The van der Waals surface area contributed by atoms with E-state index in [1.807, 2.05) is 51.4 Å². The minimum atomic E-state index is -0.356. The number of carbonyl (C=O) groups is 1. The Labute approximate surface area is 115 Å². The summed E-state index contributed by atoms with van der Waals surface area (Å²) in [7, 11) is 4.07. The lowest BCUT2D eigenvalue weighted by Gasteiger charge is -2.28. The van der Waals surface area contributed by atoms with Gasteiger partial charge in [-0.15, -0.1) is 17.0 Å². The number of nitrogens with zero attached hydrogens (tertiary/aromatic N) is 1. The maximum Gasteiger partial charge on any atom is 0.140 e. The third-order valence-electron chi connectivity index (χ3n) is 3.25. The van der Waals surface area contributed by atoms with Crippen LogP contribution in [-0.4, -0.2) is 31.3 Å². The molecule has 0 saturated heterocycles. The summed E-state index contributed by atoms with van der Waals surface area (Å²) in [6.45, 7) is 4.64. The molecule has 3 heteroatoms. The van der Waals surface area contributed by atoms with Gasteiger partial charge < -0.3 is 4.90 Å². The van der Waals surface area contributed by atoms with Crippen molar-refractivity contribution in [3.05, 3.63) is 35.9 Å². The maximum atomic E-state index is 11.9. The molecule has 0 aliphatic rings. The second-order valence-electron chi connectivity index (χ2n) is 4.81. The predicted molar refractivity (Wildman–Crippen MR) is 78.0 cm³/mol. The lowest BCUT2D eigenvalue weighted by Crippen LogP contribution is -2.34. The summed E-state index contributed by atoms with van der Waals surface area (Å²) in [5, 5.41) is 0. The maximum absolute atomic E-state index is 11.9. The molecule has 0 bridgehead atoms. The molecule has 0 N–H and O–H groups in total. The Morgan fingerprint density at radius 1 is 1.24 bits per heavy atom. The van der Waals surface area contributed by atoms with Gasteiger partial charge in [-0.3, -0.25) is 4.79 Å². The molecule has 96 valence electrons. The zero-order valence-electron chi connectivity index (χ0n) is 11.1. The fourth-order valence-electron chi connectivity index (χ4n) is 1.78. The number of carbonyl (C=O) groups excluding carboxylic acids is 1. The lowest BCUT2D eigenvalue weighted by atomic mass is 9.76. The van der Waals surface area contributed by atoms with Crippen molar-refractivity contribution in [1.29, 1.82) is 0 Å². The van der Waals surface area contributed by atoms with Crippen LogP contribution >= 0.6 is 17.0 Å². The van der Waals surface area contributed by atoms with E-state index in [1.54, 1.807) is 6.92 Å². The molecular formula is C14H22BrNO. The van der Waals surface area contributed by atoms with E-state index < -0.39 is 0 Å². The van der Waals surface area contributed by atoms with E-state index in [9.17, 15) is 4.79 Å². The minimum absolute atomic E-state index is 0. The van der Waals surface area contributed by atoms with Gasteiger partial charge in [-0.05, 0) is 46.5 Å². The number of benzene rings is 1. The van der Waals surface area contributed by atoms with Crippen LogP contribution in [0.25, 0.3) is 0 Å². The van der Waals surface area contributed by atoms with Crippen molar-refractivity contribution in [2.45, 2.75) is 25.7 Å². The summed E-state index contributed by atoms with van der Waals surface area (Å²) >= 11 is 0. The molecule has 0 aromatic heterocycles. The smallest absolute Gasteiger partial charge is 0.140 e. The summed E-state index contributed by atoms with van der Waals surface area (Å²) in [4.78, 5) is 14.0. The van der Waals surface area contributed by atoms with Crippen molar-refractivity contribution >= 4 is 22.8 Å². The van der Waals surface area contributed by atoms with Crippen molar-refractivity contribution in [1.82, 2.24) is 4.90 Å². The summed E-state index contributed by atoms with van der Waals surface area (Å²) in [5.41, 5.74) is 0.760.